The molecule has 4 aromatic rings. The van der Waals surface area contributed by atoms with E-state index >= 15 is 0 Å². The number of aromatic amines is 2. The molecule has 0 aliphatic rings. The first-order valence-electron chi connectivity index (χ1n) is 9.98. The minimum Gasteiger partial charge on any atom is -0.475 e. The van der Waals surface area contributed by atoms with Crippen molar-refractivity contribution in [3.05, 3.63) is 96.1 Å². The Hall–Kier alpha value is -4.38. The summed E-state index contributed by atoms with van der Waals surface area (Å²) in [6.07, 6.45) is 2.45. The number of nitrogens with one attached hydrogen (secondary N) is 3. The van der Waals surface area contributed by atoms with Gasteiger partial charge in [0, 0.05) is 6.04 Å². The highest BCUT2D eigenvalue weighted by Gasteiger charge is 2.12. The quantitative estimate of drug-likeness (QED) is 0.308. The van der Waals surface area contributed by atoms with E-state index in [1.54, 1.807) is 0 Å². The summed E-state index contributed by atoms with van der Waals surface area (Å²) >= 11 is 0. The highest BCUT2D eigenvalue weighted by atomic mass is 16.4. The van der Waals surface area contributed by atoms with Gasteiger partial charge in [-0.3, -0.25) is 15.0 Å². The molecular weight excluding hydrogens is 424 g/mol. The number of rotatable bonds is 5. The fourth-order valence-electron chi connectivity index (χ4n) is 2.47. The largest absolute Gasteiger partial charge is 0.475 e. The SMILES string of the molecule is C[C@@H](N)c1ccccc1.C[C@@H](NC(=O)c1ncn[nH]1)c1ccccc1.O=C(O)c1ncn[nH]1. The van der Waals surface area contributed by atoms with Crippen LogP contribution in [-0.4, -0.2) is 47.3 Å². The molecule has 0 aliphatic carbocycles. The first-order chi connectivity index (χ1) is 15.9. The van der Waals surface area contributed by atoms with Crippen LogP contribution in [0, 0.1) is 0 Å². The summed E-state index contributed by atoms with van der Waals surface area (Å²) in [5.41, 5.74) is 7.86. The molecule has 11 nitrogen and oxygen atoms in total. The zero-order valence-corrected chi connectivity index (χ0v) is 18.2. The number of hydrogen-bond acceptors (Lipinski definition) is 7. The normalized spacial score (nSPS) is 11.6. The Morgan fingerprint density at radius 1 is 0.848 bits per heavy atom. The molecule has 0 radical (unpaired) electrons. The summed E-state index contributed by atoms with van der Waals surface area (Å²) in [4.78, 5) is 28.7. The number of nitrogens with zero attached hydrogens (tertiary/aromatic N) is 4. The van der Waals surface area contributed by atoms with Crippen molar-refractivity contribution in [2.45, 2.75) is 25.9 Å². The van der Waals surface area contributed by atoms with Crippen molar-refractivity contribution in [2.24, 2.45) is 5.73 Å². The van der Waals surface area contributed by atoms with Crippen molar-refractivity contribution in [3.63, 3.8) is 0 Å². The molecule has 1 amide bonds. The molecule has 0 spiro atoms. The highest BCUT2D eigenvalue weighted by molar-refractivity contribution is 5.90. The summed E-state index contributed by atoms with van der Waals surface area (Å²) in [7, 11) is 0. The Labute approximate surface area is 190 Å². The molecule has 11 heteroatoms. The topological polar surface area (TPSA) is 176 Å². The molecule has 0 saturated heterocycles. The van der Waals surface area contributed by atoms with Gasteiger partial charge >= 0.3 is 5.97 Å². The van der Waals surface area contributed by atoms with Crippen LogP contribution in [0.1, 0.15) is 58.3 Å². The van der Waals surface area contributed by atoms with Crippen LogP contribution in [0.25, 0.3) is 0 Å². The molecule has 2 atom stereocenters. The molecular formula is C22H26N8O3. The van der Waals surface area contributed by atoms with E-state index in [1.807, 2.05) is 74.5 Å². The molecule has 2 heterocycles. The van der Waals surface area contributed by atoms with Gasteiger partial charge in [-0.25, -0.2) is 14.8 Å². The van der Waals surface area contributed by atoms with Gasteiger partial charge in [0.05, 0.1) is 6.04 Å². The fraction of sp³-hybridized carbons (Fsp3) is 0.182. The van der Waals surface area contributed by atoms with E-state index in [0.29, 0.717) is 0 Å². The fourth-order valence-corrected chi connectivity index (χ4v) is 2.47. The zero-order chi connectivity index (χ0) is 24.1. The molecule has 0 fully saturated rings. The Kier molecular flexibility index (Phi) is 9.90. The lowest BCUT2D eigenvalue weighted by Crippen LogP contribution is -2.27. The summed E-state index contributed by atoms with van der Waals surface area (Å²) < 4.78 is 0. The van der Waals surface area contributed by atoms with Gasteiger partial charge in [-0.15, -0.1) is 0 Å². The maximum absolute atomic E-state index is 11.6. The first kappa shape index (κ1) is 24.9. The van der Waals surface area contributed by atoms with Gasteiger partial charge in [0.1, 0.15) is 12.7 Å². The average Bonchev–Trinajstić information content (AvgIpc) is 3.56. The van der Waals surface area contributed by atoms with Crippen LogP contribution in [0.5, 0.6) is 0 Å². The second-order valence-electron chi connectivity index (χ2n) is 6.78. The number of nitrogens with two attached hydrogens (primary N) is 1. The van der Waals surface area contributed by atoms with Crippen LogP contribution < -0.4 is 11.1 Å². The van der Waals surface area contributed by atoms with E-state index in [9.17, 15) is 9.59 Å². The lowest BCUT2D eigenvalue weighted by molar-refractivity contribution is 0.0683. The predicted molar refractivity (Wildman–Crippen MR) is 121 cm³/mol. The van der Waals surface area contributed by atoms with E-state index in [0.717, 1.165) is 11.9 Å². The number of aromatic nitrogens is 6. The van der Waals surface area contributed by atoms with Gasteiger partial charge in [0.2, 0.25) is 11.6 Å². The summed E-state index contributed by atoms with van der Waals surface area (Å²) in [5.74, 6) is -1.26. The van der Waals surface area contributed by atoms with Crippen molar-refractivity contribution in [1.82, 2.24) is 35.7 Å². The lowest BCUT2D eigenvalue weighted by atomic mass is 10.1. The van der Waals surface area contributed by atoms with Gasteiger partial charge in [-0.1, -0.05) is 60.7 Å². The maximum Gasteiger partial charge on any atom is 0.373 e. The Bertz CT molecular complexity index is 1070. The van der Waals surface area contributed by atoms with Crippen LogP contribution >= 0.6 is 0 Å². The van der Waals surface area contributed by atoms with Crippen LogP contribution in [0.4, 0.5) is 0 Å². The number of carboxylic acids is 1. The average molecular weight is 451 g/mol. The number of benzene rings is 2. The second-order valence-corrected chi connectivity index (χ2v) is 6.78. The Morgan fingerprint density at radius 2 is 1.33 bits per heavy atom. The number of amides is 1. The molecule has 0 aliphatic heterocycles. The Morgan fingerprint density at radius 3 is 1.70 bits per heavy atom. The third kappa shape index (κ3) is 8.71. The van der Waals surface area contributed by atoms with E-state index in [-0.39, 0.29) is 29.6 Å². The molecule has 4 rings (SSSR count). The zero-order valence-electron chi connectivity index (χ0n) is 18.2. The lowest BCUT2D eigenvalue weighted by Gasteiger charge is -2.12. The molecule has 0 unspecified atom stereocenters. The molecule has 0 bridgehead atoms. The number of carbonyl (C=O) groups is 2. The minimum atomic E-state index is -1.09. The van der Waals surface area contributed by atoms with Crippen molar-refractivity contribution in [3.8, 4) is 0 Å². The van der Waals surface area contributed by atoms with Gasteiger partial charge in [-0.2, -0.15) is 10.2 Å². The van der Waals surface area contributed by atoms with Gasteiger partial charge in [0.25, 0.3) is 5.91 Å². The number of hydrogen-bond donors (Lipinski definition) is 5. The van der Waals surface area contributed by atoms with Crippen molar-refractivity contribution in [2.75, 3.05) is 0 Å². The molecule has 2 aromatic heterocycles. The molecule has 0 saturated carbocycles. The van der Waals surface area contributed by atoms with E-state index in [1.165, 1.54) is 11.9 Å². The van der Waals surface area contributed by atoms with Crippen molar-refractivity contribution in [1.29, 1.82) is 0 Å². The van der Waals surface area contributed by atoms with Crippen LogP contribution in [0.2, 0.25) is 0 Å². The van der Waals surface area contributed by atoms with E-state index in [2.05, 4.69) is 35.7 Å². The predicted octanol–water partition coefficient (Wildman–Crippen LogP) is 2.50. The van der Waals surface area contributed by atoms with E-state index in [4.69, 9.17) is 10.8 Å². The van der Waals surface area contributed by atoms with E-state index < -0.39 is 5.97 Å². The van der Waals surface area contributed by atoms with Crippen LogP contribution in [0.15, 0.2) is 73.3 Å². The number of aromatic carboxylic acids is 1. The molecule has 33 heavy (non-hydrogen) atoms. The highest BCUT2D eigenvalue weighted by Crippen LogP contribution is 2.11. The van der Waals surface area contributed by atoms with Gasteiger partial charge in [0.15, 0.2) is 0 Å². The monoisotopic (exact) mass is 450 g/mol. The number of H-pyrrole nitrogens is 2. The molecule has 172 valence electrons. The maximum atomic E-state index is 11.6. The van der Waals surface area contributed by atoms with Crippen molar-refractivity contribution >= 4 is 11.9 Å². The molecule has 6 N–H and O–H groups in total. The summed E-state index contributed by atoms with van der Waals surface area (Å²) in [5, 5.41) is 22.6. The molecule has 2 aromatic carbocycles. The smallest absolute Gasteiger partial charge is 0.373 e. The van der Waals surface area contributed by atoms with Gasteiger partial charge < -0.3 is 16.2 Å². The van der Waals surface area contributed by atoms with Crippen LogP contribution in [-0.2, 0) is 0 Å². The first-order valence-corrected chi connectivity index (χ1v) is 9.98. The third-order valence-corrected chi connectivity index (χ3v) is 4.22. The van der Waals surface area contributed by atoms with Crippen molar-refractivity contribution < 1.29 is 14.7 Å². The minimum absolute atomic E-state index is 0.0567. The number of carboxylic acid groups (broad SMARTS) is 1. The number of carbonyl (C=O) groups excluding carboxylic acids is 1. The third-order valence-electron chi connectivity index (χ3n) is 4.22. The summed E-state index contributed by atoms with van der Waals surface area (Å²) in [6, 6.07) is 19.9. The van der Waals surface area contributed by atoms with Gasteiger partial charge in [-0.05, 0) is 25.0 Å². The summed E-state index contributed by atoms with van der Waals surface area (Å²) in [6.45, 7) is 3.90. The Balaban J connectivity index is 0.000000192. The second kappa shape index (κ2) is 13.1. The van der Waals surface area contributed by atoms with Crippen LogP contribution in [0.3, 0.4) is 0 Å². The standard InChI is InChI=1S/C11H12N4O.C8H11N.C3H3N3O2/c1-8(9-5-3-2-4-6-9)14-11(16)10-12-7-13-15-10;1-7(9)8-5-3-2-4-6-8;7-3(8)2-4-1-5-6-2/h2-8H,1H3,(H,14,16)(H,12,13,15);2-7H,9H2,1H3;1H,(H,7,8)(H,4,5,6)/t8-;7-;/m11./s1.